The molecule has 0 amide bonds. The fraction of sp³-hybridized carbons (Fsp3) is 0.214. The van der Waals surface area contributed by atoms with Crippen LogP contribution in [0.4, 0.5) is 5.69 Å². The average Bonchev–Trinajstić information content (AvgIpc) is 2.30. The zero-order valence-electron chi connectivity index (χ0n) is 9.89. The van der Waals surface area contributed by atoms with E-state index >= 15 is 0 Å². The highest BCUT2D eigenvalue weighted by Crippen LogP contribution is 2.11. The lowest BCUT2D eigenvalue weighted by molar-refractivity contribution is 0.669. The maximum Gasteiger partial charge on any atom is 0.250 e. The molecule has 0 aliphatic carbocycles. The quantitative estimate of drug-likeness (QED) is 0.817. The molecule has 0 aliphatic heterocycles. The third-order valence-corrected chi connectivity index (χ3v) is 2.83. The SMILES string of the molecule is Cc1ccn(CCc2ccccc2N)c(=O)c1. The Morgan fingerprint density at radius 2 is 2.00 bits per heavy atom. The van der Waals surface area contributed by atoms with Gasteiger partial charge in [0.2, 0.25) is 0 Å². The first-order valence-electron chi connectivity index (χ1n) is 5.67. The summed E-state index contributed by atoms with van der Waals surface area (Å²) >= 11 is 0. The van der Waals surface area contributed by atoms with Gasteiger partial charge < -0.3 is 10.3 Å². The number of benzene rings is 1. The monoisotopic (exact) mass is 228 g/mol. The zero-order valence-corrected chi connectivity index (χ0v) is 9.89. The summed E-state index contributed by atoms with van der Waals surface area (Å²) in [7, 11) is 0. The van der Waals surface area contributed by atoms with E-state index in [9.17, 15) is 4.79 Å². The van der Waals surface area contributed by atoms with Crippen molar-refractivity contribution in [3.05, 3.63) is 64.1 Å². The molecule has 3 heteroatoms. The Kier molecular flexibility index (Phi) is 3.28. The van der Waals surface area contributed by atoms with Crippen molar-refractivity contribution in [2.24, 2.45) is 0 Å². The van der Waals surface area contributed by atoms with Crippen molar-refractivity contribution in [1.29, 1.82) is 0 Å². The number of anilines is 1. The van der Waals surface area contributed by atoms with Gasteiger partial charge in [0.05, 0.1) is 0 Å². The predicted octanol–water partition coefficient (Wildman–Crippen LogP) is 1.98. The topological polar surface area (TPSA) is 48.0 Å². The lowest BCUT2D eigenvalue weighted by atomic mass is 10.1. The van der Waals surface area contributed by atoms with E-state index in [1.54, 1.807) is 10.6 Å². The molecule has 0 saturated heterocycles. The van der Waals surface area contributed by atoms with Crippen molar-refractivity contribution in [3.8, 4) is 0 Å². The number of rotatable bonds is 3. The zero-order chi connectivity index (χ0) is 12.3. The molecule has 3 nitrogen and oxygen atoms in total. The minimum atomic E-state index is 0.0412. The van der Waals surface area contributed by atoms with Crippen molar-refractivity contribution in [2.45, 2.75) is 19.9 Å². The molecule has 0 saturated carbocycles. The summed E-state index contributed by atoms with van der Waals surface area (Å²) in [4.78, 5) is 11.7. The van der Waals surface area contributed by atoms with Crippen LogP contribution in [0.25, 0.3) is 0 Å². The molecule has 0 fully saturated rings. The highest BCUT2D eigenvalue weighted by molar-refractivity contribution is 5.46. The van der Waals surface area contributed by atoms with Gasteiger partial charge in [-0.1, -0.05) is 18.2 Å². The number of nitrogen functional groups attached to an aromatic ring is 1. The summed E-state index contributed by atoms with van der Waals surface area (Å²) in [5, 5.41) is 0. The molecule has 0 unspecified atom stereocenters. The fourth-order valence-corrected chi connectivity index (χ4v) is 1.79. The number of nitrogens with two attached hydrogens (primary N) is 1. The molecule has 1 aromatic heterocycles. The van der Waals surface area contributed by atoms with E-state index in [2.05, 4.69) is 0 Å². The maximum absolute atomic E-state index is 11.7. The van der Waals surface area contributed by atoms with Crippen LogP contribution in [0.5, 0.6) is 0 Å². The van der Waals surface area contributed by atoms with Crippen LogP contribution in [-0.4, -0.2) is 4.57 Å². The van der Waals surface area contributed by atoms with Crippen molar-refractivity contribution >= 4 is 5.69 Å². The fourth-order valence-electron chi connectivity index (χ4n) is 1.79. The van der Waals surface area contributed by atoms with Crippen LogP contribution in [0.2, 0.25) is 0 Å². The highest BCUT2D eigenvalue weighted by Gasteiger charge is 2.00. The third-order valence-electron chi connectivity index (χ3n) is 2.83. The van der Waals surface area contributed by atoms with Gasteiger partial charge in [0.25, 0.3) is 5.56 Å². The normalized spacial score (nSPS) is 10.4. The maximum atomic E-state index is 11.7. The third kappa shape index (κ3) is 2.75. The molecule has 1 heterocycles. The Morgan fingerprint density at radius 3 is 2.71 bits per heavy atom. The summed E-state index contributed by atoms with van der Waals surface area (Å²) in [6.45, 7) is 2.58. The van der Waals surface area contributed by atoms with Crippen molar-refractivity contribution < 1.29 is 0 Å². The Labute approximate surface area is 101 Å². The van der Waals surface area contributed by atoms with Gasteiger partial charge in [0, 0.05) is 24.5 Å². The van der Waals surface area contributed by atoms with E-state index in [0.717, 1.165) is 23.2 Å². The summed E-state index contributed by atoms with van der Waals surface area (Å²) in [5.41, 5.74) is 8.76. The first kappa shape index (κ1) is 11.5. The van der Waals surface area contributed by atoms with E-state index in [1.165, 1.54) is 0 Å². The standard InChI is InChI=1S/C14H16N2O/c1-11-6-8-16(14(17)10-11)9-7-12-4-2-3-5-13(12)15/h2-6,8,10H,7,9,15H2,1H3. The highest BCUT2D eigenvalue weighted by atomic mass is 16.1. The molecule has 2 rings (SSSR count). The summed E-state index contributed by atoms with van der Waals surface area (Å²) in [6.07, 6.45) is 2.60. The van der Waals surface area contributed by atoms with E-state index < -0.39 is 0 Å². The molecule has 0 bridgehead atoms. The molecular weight excluding hydrogens is 212 g/mol. The van der Waals surface area contributed by atoms with Crippen LogP contribution in [0.1, 0.15) is 11.1 Å². The smallest absolute Gasteiger partial charge is 0.250 e. The summed E-state index contributed by atoms with van der Waals surface area (Å²) in [5.74, 6) is 0. The lowest BCUT2D eigenvalue weighted by Gasteiger charge is -2.07. The van der Waals surface area contributed by atoms with E-state index in [0.29, 0.717) is 6.54 Å². The number of para-hydroxylation sites is 1. The van der Waals surface area contributed by atoms with Gasteiger partial charge >= 0.3 is 0 Å². The van der Waals surface area contributed by atoms with E-state index in [-0.39, 0.29) is 5.56 Å². The Bertz CT molecular complexity index is 572. The number of aryl methyl sites for hydroxylation is 3. The van der Waals surface area contributed by atoms with E-state index in [1.807, 2.05) is 43.5 Å². The van der Waals surface area contributed by atoms with Crippen molar-refractivity contribution in [1.82, 2.24) is 4.57 Å². The van der Waals surface area contributed by atoms with Gasteiger partial charge in [0.15, 0.2) is 0 Å². The largest absolute Gasteiger partial charge is 0.399 e. The minimum absolute atomic E-state index is 0.0412. The molecule has 0 aliphatic rings. The first-order chi connectivity index (χ1) is 8.16. The van der Waals surface area contributed by atoms with E-state index in [4.69, 9.17) is 5.73 Å². The molecular formula is C14H16N2O. The van der Waals surface area contributed by atoms with Crippen LogP contribution in [0.3, 0.4) is 0 Å². The second-order valence-corrected chi connectivity index (χ2v) is 4.18. The molecule has 2 aromatic rings. The molecule has 0 radical (unpaired) electrons. The van der Waals surface area contributed by atoms with Crippen molar-refractivity contribution in [3.63, 3.8) is 0 Å². The van der Waals surface area contributed by atoms with Gasteiger partial charge in [0.1, 0.15) is 0 Å². The van der Waals surface area contributed by atoms with Crippen LogP contribution in [0.15, 0.2) is 47.4 Å². The van der Waals surface area contributed by atoms with Gasteiger partial charge in [-0.2, -0.15) is 0 Å². The Balaban J connectivity index is 2.13. The van der Waals surface area contributed by atoms with Crippen LogP contribution in [-0.2, 0) is 13.0 Å². The molecule has 0 spiro atoms. The van der Waals surface area contributed by atoms with Crippen LogP contribution >= 0.6 is 0 Å². The molecule has 88 valence electrons. The predicted molar refractivity (Wildman–Crippen MR) is 70.0 cm³/mol. The Morgan fingerprint density at radius 1 is 1.24 bits per heavy atom. The van der Waals surface area contributed by atoms with Gasteiger partial charge in [-0.25, -0.2) is 0 Å². The molecule has 1 aromatic carbocycles. The van der Waals surface area contributed by atoms with Gasteiger partial charge in [-0.15, -0.1) is 0 Å². The summed E-state index contributed by atoms with van der Waals surface area (Å²) < 4.78 is 1.71. The number of pyridine rings is 1. The molecule has 17 heavy (non-hydrogen) atoms. The molecule has 0 atom stereocenters. The average molecular weight is 228 g/mol. The second kappa shape index (κ2) is 4.87. The second-order valence-electron chi connectivity index (χ2n) is 4.18. The number of hydrogen-bond donors (Lipinski definition) is 1. The van der Waals surface area contributed by atoms with Gasteiger partial charge in [-0.3, -0.25) is 4.79 Å². The number of nitrogens with zero attached hydrogens (tertiary/aromatic N) is 1. The number of aromatic nitrogens is 1. The summed E-state index contributed by atoms with van der Waals surface area (Å²) in [6, 6.07) is 11.3. The van der Waals surface area contributed by atoms with Gasteiger partial charge in [-0.05, 0) is 36.6 Å². The molecule has 2 N–H and O–H groups in total. The van der Waals surface area contributed by atoms with Crippen molar-refractivity contribution in [2.75, 3.05) is 5.73 Å². The van der Waals surface area contributed by atoms with Crippen LogP contribution < -0.4 is 11.3 Å². The first-order valence-corrected chi connectivity index (χ1v) is 5.67. The minimum Gasteiger partial charge on any atom is -0.399 e. The number of hydrogen-bond acceptors (Lipinski definition) is 2. The van der Waals surface area contributed by atoms with Crippen LogP contribution in [0, 0.1) is 6.92 Å². The lowest BCUT2D eigenvalue weighted by Crippen LogP contribution is -2.19. The Hall–Kier alpha value is -2.03.